The van der Waals surface area contributed by atoms with Crippen molar-refractivity contribution in [2.24, 2.45) is 0 Å². The van der Waals surface area contributed by atoms with E-state index in [4.69, 9.17) is 9.16 Å². The van der Waals surface area contributed by atoms with Gasteiger partial charge in [-0.3, -0.25) is 0 Å². The molecule has 0 amide bonds. The fourth-order valence-electron chi connectivity index (χ4n) is 4.06. The van der Waals surface area contributed by atoms with Gasteiger partial charge >= 0.3 is 0 Å². The van der Waals surface area contributed by atoms with Gasteiger partial charge in [0.2, 0.25) is 0 Å². The van der Waals surface area contributed by atoms with Crippen molar-refractivity contribution >= 4 is 23.9 Å². The van der Waals surface area contributed by atoms with Gasteiger partial charge in [-0.05, 0) is 47.1 Å². The molecule has 4 aromatic rings. The lowest BCUT2D eigenvalue weighted by Gasteiger charge is -2.36. The summed E-state index contributed by atoms with van der Waals surface area (Å²) in [6.07, 6.45) is -0.0806. The minimum absolute atomic E-state index is 0.0806. The molecule has 1 atom stereocenters. The van der Waals surface area contributed by atoms with E-state index in [1.54, 1.807) is 0 Å². The van der Waals surface area contributed by atoms with Crippen molar-refractivity contribution in [3.8, 4) is 5.75 Å². The third-order valence-electron chi connectivity index (χ3n) is 5.56. The summed E-state index contributed by atoms with van der Waals surface area (Å²) in [6, 6.07) is 40.3. The topological polar surface area (TPSA) is 18.5 Å². The van der Waals surface area contributed by atoms with Crippen LogP contribution in [-0.2, 0) is 4.43 Å². The highest BCUT2D eigenvalue weighted by molar-refractivity contribution is 7.07. The van der Waals surface area contributed by atoms with Crippen LogP contribution in [0.3, 0.4) is 0 Å². The third kappa shape index (κ3) is 4.48. The Morgan fingerprint density at radius 3 is 1.42 bits per heavy atom. The van der Waals surface area contributed by atoms with Crippen molar-refractivity contribution in [1.82, 2.24) is 0 Å². The van der Waals surface area contributed by atoms with Gasteiger partial charge in [-0.1, -0.05) is 103 Å². The summed E-state index contributed by atoms with van der Waals surface area (Å²) in [4.78, 5) is 0. The summed E-state index contributed by atoms with van der Waals surface area (Å²) >= 11 is 0. The summed E-state index contributed by atoms with van der Waals surface area (Å²) in [6.45, 7) is 4.81. The van der Waals surface area contributed by atoms with Gasteiger partial charge < -0.3 is 9.16 Å². The summed E-state index contributed by atoms with van der Waals surface area (Å²) in [5, 5.41) is 3.72. The van der Waals surface area contributed by atoms with Gasteiger partial charge in [-0.25, -0.2) is 0 Å². The van der Waals surface area contributed by atoms with Crippen LogP contribution >= 0.6 is 0 Å². The molecular formula is C28H28O2Si. The Morgan fingerprint density at radius 2 is 1.03 bits per heavy atom. The fourth-order valence-corrected chi connectivity index (χ4v) is 8.12. The van der Waals surface area contributed by atoms with Gasteiger partial charge in [0.05, 0.1) is 12.7 Å². The van der Waals surface area contributed by atoms with Crippen molar-refractivity contribution in [2.45, 2.75) is 20.0 Å². The van der Waals surface area contributed by atoms with E-state index in [0.717, 1.165) is 11.3 Å². The first-order chi connectivity index (χ1) is 15.2. The van der Waals surface area contributed by atoms with Crippen LogP contribution in [0, 0.1) is 0 Å². The second-order valence-corrected chi connectivity index (χ2v) is 10.9. The van der Waals surface area contributed by atoms with Crippen molar-refractivity contribution in [1.29, 1.82) is 0 Å². The fraction of sp³-hybridized carbons (Fsp3) is 0.143. The Kier molecular flexibility index (Phi) is 6.65. The Morgan fingerprint density at radius 1 is 0.613 bits per heavy atom. The zero-order valence-electron chi connectivity index (χ0n) is 18.1. The minimum Gasteiger partial charge on any atom is -0.494 e. The monoisotopic (exact) mass is 424 g/mol. The molecule has 0 spiro atoms. The van der Waals surface area contributed by atoms with Crippen molar-refractivity contribution < 1.29 is 9.16 Å². The lowest BCUT2D eigenvalue weighted by Crippen LogP contribution is -2.69. The van der Waals surface area contributed by atoms with Gasteiger partial charge in [-0.15, -0.1) is 0 Å². The van der Waals surface area contributed by atoms with E-state index in [9.17, 15) is 0 Å². The first-order valence-electron chi connectivity index (χ1n) is 10.8. The standard InChI is InChI=1S/C28H28O2Si/c1-3-29-25-21-19-24(20-22-25)23(2)30-31(26-13-7-4-8-14-26,27-15-9-5-10-16-27)28-17-11-6-12-18-28/h4-23H,3H2,1-2H3. The molecule has 3 heteroatoms. The van der Waals surface area contributed by atoms with Crippen LogP contribution in [0.15, 0.2) is 115 Å². The maximum Gasteiger partial charge on any atom is 0.288 e. The lowest BCUT2D eigenvalue weighted by atomic mass is 10.1. The van der Waals surface area contributed by atoms with Crippen molar-refractivity contribution in [3.63, 3.8) is 0 Å². The highest BCUT2D eigenvalue weighted by Crippen LogP contribution is 2.24. The Labute approximate surface area is 186 Å². The molecule has 0 aromatic heterocycles. The zero-order chi connectivity index (χ0) is 21.5. The van der Waals surface area contributed by atoms with E-state index in [2.05, 4.69) is 110 Å². The second kappa shape index (κ2) is 9.78. The summed E-state index contributed by atoms with van der Waals surface area (Å²) in [5.41, 5.74) is 1.14. The summed E-state index contributed by atoms with van der Waals surface area (Å²) in [5.74, 6) is 0.885. The molecule has 0 aliphatic rings. The van der Waals surface area contributed by atoms with Crippen LogP contribution in [0.25, 0.3) is 0 Å². The van der Waals surface area contributed by atoms with Crippen molar-refractivity contribution in [3.05, 3.63) is 121 Å². The number of hydrogen-bond donors (Lipinski definition) is 0. The smallest absolute Gasteiger partial charge is 0.288 e. The maximum absolute atomic E-state index is 7.18. The SMILES string of the molecule is CCOc1ccc(C(C)O[Si](c2ccccc2)(c2ccccc2)c2ccccc2)cc1. The average Bonchev–Trinajstić information content (AvgIpc) is 2.85. The quantitative estimate of drug-likeness (QED) is 0.298. The van der Waals surface area contributed by atoms with Crippen LogP contribution in [0.4, 0.5) is 0 Å². The summed E-state index contributed by atoms with van der Waals surface area (Å²) in [7, 11) is -2.73. The molecule has 0 radical (unpaired) electrons. The lowest BCUT2D eigenvalue weighted by molar-refractivity contribution is 0.228. The van der Waals surface area contributed by atoms with Gasteiger partial charge in [0.25, 0.3) is 8.32 Å². The van der Waals surface area contributed by atoms with Crippen LogP contribution in [0.2, 0.25) is 0 Å². The predicted molar refractivity (Wildman–Crippen MR) is 131 cm³/mol. The van der Waals surface area contributed by atoms with Crippen LogP contribution < -0.4 is 20.3 Å². The predicted octanol–water partition coefficient (Wildman–Crippen LogP) is 4.83. The van der Waals surface area contributed by atoms with Gasteiger partial charge in [0.15, 0.2) is 0 Å². The first-order valence-corrected chi connectivity index (χ1v) is 12.7. The van der Waals surface area contributed by atoms with Gasteiger partial charge in [0, 0.05) is 0 Å². The minimum atomic E-state index is -2.73. The molecule has 0 saturated heterocycles. The molecule has 4 rings (SSSR count). The second-order valence-electron chi connectivity index (χ2n) is 7.54. The van der Waals surface area contributed by atoms with Crippen LogP contribution in [-0.4, -0.2) is 14.9 Å². The number of rotatable bonds is 8. The molecule has 0 aliphatic carbocycles. The van der Waals surface area contributed by atoms with Crippen LogP contribution in [0.1, 0.15) is 25.5 Å². The molecule has 2 nitrogen and oxygen atoms in total. The molecule has 4 aromatic carbocycles. The molecule has 0 saturated carbocycles. The molecule has 1 unspecified atom stereocenters. The Hall–Kier alpha value is -3.14. The van der Waals surface area contributed by atoms with E-state index in [0.29, 0.717) is 6.61 Å². The summed E-state index contributed by atoms with van der Waals surface area (Å²) < 4.78 is 12.8. The molecule has 0 aliphatic heterocycles. The molecule has 0 heterocycles. The molecule has 156 valence electrons. The van der Waals surface area contributed by atoms with Gasteiger partial charge in [0.1, 0.15) is 5.75 Å². The molecule has 0 bridgehead atoms. The first kappa shape index (κ1) is 21.1. The molecule has 0 N–H and O–H groups in total. The number of benzene rings is 4. The van der Waals surface area contributed by atoms with E-state index >= 15 is 0 Å². The van der Waals surface area contributed by atoms with E-state index < -0.39 is 8.32 Å². The number of ether oxygens (including phenoxy) is 1. The van der Waals surface area contributed by atoms with E-state index in [1.165, 1.54) is 15.6 Å². The third-order valence-corrected chi connectivity index (χ3v) is 9.70. The highest BCUT2D eigenvalue weighted by atomic mass is 28.4. The molecule has 0 fully saturated rings. The Balaban J connectivity index is 1.84. The zero-order valence-corrected chi connectivity index (χ0v) is 19.1. The van der Waals surface area contributed by atoms with E-state index in [1.807, 2.05) is 19.1 Å². The largest absolute Gasteiger partial charge is 0.494 e. The highest BCUT2D eigenvalue weighted by Gasteiger charge is 2.43. The maximum atomic E-state index is 7.18. The van der Waals surface area contributed by atoms with Crippen LogP contribution in [0.5, 0.6) is 5.75 Å². The normalized spacial score (nSPS) is 12.3. The van der Waals surface area contributed by atoms with Crippen molar-refractivity contribution in [2.75, 3.05) is 6.61 Å². The van der Waals surface area contributed by atoms with Gasteiger partial charge in [-0.2, -0.15) is 0 Å². The molecule has 31 heavy (non-hydrogen) atoms. The average molecular weight is 425 g/mol. The Bertz CT molecular complexity index is 968. The number of hydrogen-bond acceptors (Lipinski definition) is 2. The molecular weight excluding hydrogens is 396 g/mol. The van der Waals surface area contributed by atoms with E-state index in [-0.39, 0.29) is 6.10 Å².